The molecule has 0 aliphatic heterocycles. The van der Waals surface area contributed by atoms with Crippen LogP contribution in [0.25, 0.3) is 0 Å². The monoisotopic (exact) mass is 1320 g/mol. The normalized spacial score (nSPS) is 14.6. The molecule has 90 heavy (non-hydrogen) atoms. The van der Waals surface area contributed by atoms with Crippen LogP contribution in [-0.4, -0.2) is 96.7 Å². The van der Waals surface area contributed by atoms with Crippen LogP contribution in [0.4, 0.5) is 0 Å². The average Bonchev–Trinajstić information content (AvgIpc) is 3.51. The van der Waals surface area contributed by atoms with Crippen LogP contribution in [0.3, 0.4) is 0 Å². The van der Waals surface area contributed by atoms with E-state index in [1.807, 2.05) is 0 Å². The van der Waals surface area contributed by atoms with Crippen molar-refractivity contribution in [3.63, 3.8) is 0 Å². The van der Waals surface area contributed by atoms with Gasteiger partial charge in [-0.3, -0.25) is 37.3 Å². The molecule has 0 amide bonds. The van der Waals surface area contributed by atoms with Gasteiger partial charge >= 0.3 is 39.5 Å². The number of aliphatic hydroxyl groups excluding tert-OH is 1. The molecule has 17 nitrogen and oxygen atoms in total. The molecule has 0 bridgehead atoms. The molecule has 0 spiro atoms. The van der Waals surface area contributed by atoms with Crippen LogP contribution >= 0.6 is 15.6 Å². The highest BCUT2D eigenvalue weighted by atomic mass is 31.2. The number of carbonyl (C=O) groups is 4. The van der Waals surface area contributed by atoms with E-state index >= 15 is 0 Å². The van der Waals surface area contributed by atoms with Crippen LogP contribution in [0.5, 0.6) is 0 Å². The van der Waals surface area contributed by atoms with Gasteiger partial charge in [-0.1, -0.05) is 299 Å². The number of carbonyl (C=O) groups excluding carboxylic acids is 4. The molecule has 0 rings (SSSR count). The molecule has 0 saturated carbocycles. The second-order valence-corrected chi connectivity index (χ2v) is 30.2. The van der Waals surface area contributed by atoms with Crippen molar-refractivity contribution in [3.05, 3.63) is 0 Å². The Hall–Kier alpha value is -1.94. The van der Waals surface area contributed by atoms with Crippen molar-refractivity contribution in [3.8, 4) is 0 Å². The summed E-state index contributed by atoms with van der Waals surface area (Å²) < 4.78 is 68.3. The Kier molecular flexibility index (Phi) is 59.4. The number of hydrogen-bond acceptors (Lipinski definition) is 15. The molecular weight excluding hydrogens is 1190 g/mol. The number of phosphoric ester groups is 2. The van der Waals surface area contributed by atoms with Gasteiger partial charge in [-0.15, -0.1) is 0 Å². The smallest absolute Gasteiger partial charge is 0.462 e. The minimum Gasteiger partial charge on any atom is -0.462 e. The van der Waals surface area contributed by atoms with Gasteiger partial charge in [-0.25, -0.2) is 9.13 Å². The molecule has 3 N–H and O–H groups in total. The summed E-state index contributed by atoms with van der Waals surface area (Å²) in [5.41, 5.74) is 0. The number of phosphoric acid groups is 2. The highest BCUT2D eigenvalue weighted by molar-refractivity contribution is 7.47. The lowest BCUT2D eigenvalue weighted by molar-refractivity contribution is -0.161. The highest BCUT2D eigenvalue weighted by Gasteiger charge is 2.30. The molecule has 0 fully saturated rings. The summed E-state index contributed by atoms with van der Waals surface area (Å²) in [4.78, 5) is 72.6. The first-order chi connectivity index (χ1) is 43.1. The summed E-state index contributed by atoms with van der Waals surface area (Å²) in [6.07, 6.45) is 43.2. The Labute approximate surface area is 549 Å². The van der Waals surface area contributed by atoms with Crippen molar-refractivity contribution in [2.75, 3.05) is 39.6 Å². The van der Waals surface area contributed by atoms with E-state index < -0.39 is 97.5 Å². The van der Waals surface area contributed by atoms with Gasteiger partial charge in [0.2, 0.25) is 0 Å². The Bertz CT molecular complexity index is 1780. The topological polar surface area (TPSA) is 237 Å². The van der Waals surface area contributed by atoms with Crippen LogP contribution in [0.2, 0.25) is 0 Å². The fourth-order valence-corrected chi connectivity index (χ4v) is 12.2. The fourth-order valence-electron chi connectivity index (χ4n) is 10.6. The minimum absolute atomic E-state index is 0.102. The molecule has 0 aromatic heterocycles. The molecule has 0 aromatic carbocycles. The third-order valence-corrected chi connectivity index (χ3v) is 18.6. The number of ether oxygens (including phenoxy) is 4. The number of unbranched alkanes of at least 4 members (excludes halogenated alkanes) is 33. The van der Waals surface area contributed by atoms with Gasteiger partial charge in [0.1, 0.15) is 19.3 Å². The maximum Gasteiger partial charge on any atom is 0.472 e. The first-order valence-corrected chi connectivity index (χ1v) is 39.7. The molecule has 0 radical (unpaired) electrons. The van der Waals surface area contributed by atoms with Crippen molar-refractivity contribution >= 4 is 39.5 Å². The van der Waals surface area contributed by atoms with Crippen LogP contribution in [0.1, 0.15) is 351 Å². The van der Waals surface area contributed by atoms with Crippen LogP contribution < -0.4 is 0 Å². The summed E-state index contributed by atoms with van der Waals surface area (Å²) in [6.45, 7) is 14.1. The number of rotatable bonds is 68. The van der Waals surface area contributed by atoms with Crippen molar-refractivity contribution in [1.29, 1.82) is 0 Å². The predicted molar refractivity (Wildman–Crippen MR) is 363 cm³/mol. The van der Waals surface area contributed by atoms with Gasteiger partial charge in [-0.05, 0) is 49.4 Å². The molecule has 0 aliphatic rings. The molecule has 0 aliphatic carbocycles. The second-order valence-electron chi connectivity index (χ2n) is 27.3. The molecular formula is C71H138O17P2. The summed E-state index contributed by atoms with van der Waals surface area (Å²) in [6, 6.07) is 0. The zero-order valence-electron chi connectivity index (χ0n) is 58.8. The average molecular weight is 1330 g/mol. The van der Waals surface area contributed by atoms with Gasteiger partial charge < -0.3 is 33.8 Å². The third-order valence-electron chi connectivity index (χ3n) is 16.7. The van der Waals surface area contributed by atoms with Gasteiger partial charge in [0.15, 0.2) is 12.2 Å². The lowest BCUT2D eigenvalue weighted by Crippen LogP contribution is -2.30. The number of aliphatic hydroxyl groups is 1. The van der Waals surface area contributed by atoms with E-state index in [1.54, 1.807) is 0 Å². The Morgan fingerprint density at radius 1 is 0.311 bits per heavy atom. The molecule has 4 unspecified atom stereocenters. The largest absolute Gasteiger partial charge is 0.472 e. The molecule has 534 valence electrons. The number of esters is 4. The lowest BCUT2D eigenvalue weighted by atomic mass is 10.00. The maximum absolute atomic E-state index is 13.0. The second kappa shape index (κ2) is 60.7. The van der Waals surface area contributed by atoms with Crippen LogP contribution in [0, 0.1) is 23.7 Å². The number of hydrogen-bond donors (Lipinski definition) is 3. The molecule has 0 saturated heterocycles. The Morgan fingerprint density at radius 3 is 0.789 bits per heavy atom. The van der Waals surface area contributed by atoms with Gasteiger partial charge in [0.05, 0.1) is 26.4 Å². The first-order valence-electron chi connectivity index (χ1n) is 36.7. The van der Waals surface area contributed by atoms with Gasteiger partial charge in [-0.2, -0.15) is 0 Å². The van der Waals surface area contributed by atoms with Crippen molar-refractivity contribution in [2.45, 2.75) is 369 Å². The fraction of sp³-hybridized carbons (Fsp3) is 0.944. The zero-order valence-corrected chi connectivity index (χ0v) is 60.6. The quantitative estimate of drug-likeness (QED) is 0.0222. The van der Waals surface area contributed by atoms with E-state index in [2.05, 4.69) is 55.4 Å². The predicted octanol–water partition coefficient (Wildman–Crippen LogP) is 20.1. The van der Waals surface area contributed by atoms with Crippen LogP contribution in [0.15, 0.2) is 0 Å². The van der Waals surface area contributed by atoms with E-state index in [0.717, 1.165) is 114 Å². The first kappa shape index (κ1) is 88.1. The van der Waals surface area contributed by atoms with Crippen molar-refractivity contribution in [2.24, 2.45) is 23.7 Å². The van der Waals surface area contributed by atoms with Crippen molar-refractivity contribution < 1.29 is 80.2 Å². The van der Waals surface area contributed by atoms with Crippen LogP contribution in [-0.2, 0) is 65.4 Å². The van der Waals surface area contributed by atoms with E-state index in [0.29, 0.717) is 31.6 Å². The lowest BCUT2D eigenvalue weighted by Gasteiger charge is -2.21. The molecule has 19 heteroatoms. The van der Waals surface area contributed by atoms with Crippen molar-refractivity contribution in [1.82, 2.24) is 0 Å². The van der Waals surface area contributed by atoms with Gasteiger partial charge in [0.25, 0.3) is 0 Å². The maximum atomic E-state index is 13.0. The van der Waals surface area contributed by atoms with E-state index in [9.17, 15) is 43.2 Å². The summed E-state index contributed by atoms with van der Waals surface area (Å²) in [5, 5.41) is 10.6. The highest BCUT2D eigenvalue weighted by Crippen LogP contribution is 2.45. The zero-order chi connectivity index (χ0) is 66.8. The molecule has 6 atom stereocenters. The molecule has 0 aromatic rings. The Balaban J connectivity index is 5.25. The van der Waals surface area contributed by atoms with E-state index in [4.69, 9.17) is 37.0 Å². The Morgan fingerprint density at radius 2 is 0.533 bits per heavy atom. The summed E-state index contributed by atoms with van der Waals surface area (Å²) >= 11 is 0. The minimum atomic E-state index is -4.95. The summed E-state index contributed by atoms with van der Waals surface area (Å²) in [5.74, 6) is 0.853. The van der Waals surface area contributed by atoms with E-state index in [1.165, 1.54) is 148 Å². The third kappa shape index (κ3) is 63.5. The molecule has 0 heterocycles. The summed E-state index contributed by atoms with van der Waals surface area (Å²) in [7, 11) is -9.90. The SMILES string of the molecule is CCC(C)CCCCCCCCC(=O)O[C@H](COC(=O)CCCCCCCCCC(C)C)COP(=O)(O)OCC(O)COP(=O)(O)OC[C@@H](COC(=O)CCCCCCCCCCCCCCC(C)C)OC(=O)CCCCCCCCCCCCCCC(C)C. The van der Waals surface area contributed by atoms with E-state index in [-0.39, 0.29) is 25.7 Å². The van der Waals surface area contributed by atoms with Gasteiger partial charge in [0, 0.05) is 25.7 Å². The standard InChI is InChI=1S/C71H138O17P2/c1-9-64(8)50-42-34-29-30-38-46-54-71(76)88-67(58-82-69(74)52-44-36-28-22-25-33-41-49-63(6)7)60-86-90(79,80)84-56-65(72)55-83-89(77,78)85-59-66(87-70(75)53-45-37-27-21-17-13-11-15-19-24-32-40-48-62(4)5)57-81-68(73)51-43-35-26-20-16-12-10-14-18-23-31-39-47-61(2)3/h61-67,72H,9-60H2,1-8H3,(H,77,78)(H,79,80)/t64?,65?,66-,67-/m1/s1.